The summed E-state index contributed by atoms with van der Waals surface area (Å²) in [4.78, 5) is 0. The van der Waals surface area contributed by atoms with Crippen molar-refractivity contribution in [3.05, 3.63) is 34.2 Å². The highest BCUT2D eigenvalue weighted by molar-refractivity contribution is 7.73. The minimum Gasteiger partial charge on any atom is -0.293 e. The Balaban J connectivity index is 2.36. The predicted molar refractivity (Wildman–Crippen MR) is 79.3 cm³/mol. The molecule has 0 aliphatic rings. The highest BCUT2D eigenvalue weighted by atomic mass is 35.7. The van der Waals surface area contributed by atoms with Gasteiger partial charge >= 0.3 is 0 Å². The molecule has 1 aromatic carbocycles. The molecule has 0 saturated carbocycles. The van der Waals surface area contributed by atoms with Gasteiger partial charge in [0.05, 0.1) is 6.16 Å². The van der Waals surface area contributed by atoms with Gasteiger partial charge in [0.25, 0.3) is 0 Å². The second kappa shape index (κ2) is 5.57. The van der Waals surface area contributed by atoms with E-state index in [2.05, 4.69) is 0 Å². The maximum Gasteiger partial charge on any atom is 0.208 e. The standard InChI is InChI=1S/C10H10Cl2O2P2S/c1-16(13,14-15-12)5-7-6-17-10-3-2-8(11)4-9(7)10/h2-4,6,15H,5H2,1H3. The lowest BCUT2D eigenvalue weighted by molar-refractivity contribution is 0.515. The Kier molecular flexibility index (Phi) is 4.52. The third-order valence-corrected chi connectivity index (χ3v) is 6.91. The van der Waals surface area contributed by atoms with E-state index in [1.807, 2.05) is 23.6 Å². The zero-order valence-corrected chi connectivity index (χ0v) is 13.2. The van der Waals surface area contributed by atoms with E-state index in [0.29, 0.717) is 11.2 Å². The second-order valence-electron chi connectivity index (χ2n) is 3.74. The first-order valence-electron chi connectivity index (χ1n) is 4.78. The summed E-state index contributed by atoms with van der Waals surface area (Å²) in [5.41, 5.74) is 1.01. The lowest BCUT2D eigenvalue weighted by Gasteiger charge is -2.10. The maximum atomic E-state index is 12.1. The third kappa shape index (κ3) is 3.44. The number of hydrogen-bond acceptors (Lipinski definition) is 3. The molecule has 0 aliphatic carbocycles. The molecule has 0 aliphatic heterocycles. The van der Waals surface area contributed by atoms with Crippen molar-refractivity contribution in [2.75, 3.05) is 6.66 Å². The van der Waals surface area contributed by atoms with Gasteiger partial charge in [-0.05, 0) is 34.5 Å². The molecular weight excluding hydrogens is 317 g/mol. The summed E-state index contributed by atoms with van der Waals surface area (Å²) in [6, 6.07) is 5.72. The zero-order valence-electron chi connectivity index (χ0n) is 8.94. The summed E-state index contributed by atoms with van der Waals surface area (Å²) in [6.07, 6.45) is 0.396. The lowest BCUT2D eigenvalue weighted by atomic mass is 10.2. The molecule has 0 spiro atoms. The number of rotatable bonds is 4. The molecule has 1 heterocycles. The number of halogens is 2. The monoisotopic (exact) mass is 326 g/mol. The summed E-state index contributed by atoms with van der Waals surface area (Å²) >= 11 is 13.1. The SMILES string of the molecule is CP(=O)(Cc1csc2ccc(Cl)cc12)OPCl. The van der Waals surface area contributed by atoms with Crippen LogP contribution in [0.5, 0.6) is 0 Å². The van der Waals surface area contributed by atoms with Crippen molar-refractivity contribution >= 4 is 59.8 Å². The van der Waals surface area contributed by atoms with E-state index in [1.54, 1.807) is 18.0 Å². The van der Waals surface area contributed by atoms with Gasteiger partial charge < -0.3 is 0 Å². The highest BCUT2D eigenvalue weighted by Crippen LogP contribution is 2.54. The van der Waals surface area contributed by atoms with Crippen LogP contribution in [0.4, 0.5) is 0 Å². The van der Waals surface area contributed by atoms with Crippen LogP contribution >= 0.6 is 49.7 Å². The predicted octanol–water partition coefficient (Wildman–Crippen LogP) is 5.73. The Labute approximate surface area is 115 Å². The fourth-order valence-electron chi connectivity index (χ4n) is 1.59. The van der Waals surface area contributed by atoms with Crippen LogP contribution in [-0.4, -0.2) is 6.66 Å². The summed E-state index contributed by atoms with van der Waals surface area (Å²) in [7, 11) is -2.93. The molecule has 2 nitrogen and oxygen atoms in total. The molecule has 0 saturated heterocycles. The van der Waals surface area contributed by atoms with Crippen LogP contribution in [-0.2, 0) is 15.0 Å². The molecule has 2 aromatic rings. The molecule has 2 rings (SSSR count). The third-order valence-electron chi connectivity index (χ3n) is 2.30. The van der Waals surface area contributed by atoms with Crippen molar-refractivity contribution in [3.63, 3.8) is 0 Å². The topological polar surface area (TPSA) is 26.3 Å². The normalized spacial score (nSPS) is 15.7. The smallest absolute Gasteiger partial charge is 0.208 e. The van der Waals surface area contributed by atoms with Gasteiger partial charge in [0.2, 0.25) is 7.37 Å². The fraction of sp³-hybridized carbons (Fsp3) is 0.200. The average Bonchev–Trinajstić information content (AvgIpc) is 2.60. The van der Waals surface area contributed by atoms with E-state index in [-0.39, 0.29) is 8.16 Å². The quantitative estimate of drug-likeness (QED) is 0.671. The van der Waals surface area contributed by atoms with Crippen LogP contribution in [0.25, 0.3) is 10.1 Å². The molecule has 7 heteroatoms. The largest absolute Gasteiger partial charge is 0.293 e. The summed E-state index contributed by atoms with van der Waals surface area (Å²) in [5, 5.41) is 3.73. The highest BCUT2D eigenvalue weighted by Gasteiger charge is 2.19. The van der Waals surface area contributed by atoms with Gasteiger partial charge in [-0.3, -0.25) is 8.88 Å². The van der Waals surface area contributed by atoms with Crippen molar-refractivity contribution in [2.45, 2.75) is 6.16 Å². The first-order valence-corrected chi connectivity index (χ1v) is 10.2. The van der Waals surface area contributed by atoms with Crippen LogP contribution in [0.3, 0.4) is 0 Å². The molecule has 2 unspecified atom stereocenters. The Morgan fingerprint density at radius 1 is 1.53 bits per heavy atom. The van der Waals surface area contributed by atoms with Gasteiger partial charge in [-0.2, -0.15) is 0 Å². The van der Waals surface area contributed by atoms with Gasteiger partial charge in [0.1, 0.15) is 8.16 Å². The molecular formula is C10H10Cl2O2P2S. The van der Waals surface area contributed by atoms with Gasteiger partial charge in [-0.1, -0.05) is 22.8 Å². The first kappa shape index (κ1) is 13.8. The van der Waals surface area contributed by atoms with Crippen molar-refractivity contribution in [1.29, 1.82) is 0 Å². The molecule has 1 aromatic heterocycles. The maximum absolute atomic E-state index is 12.1. The molecule has 0 N–H and O–H groups in total. The first-order chi connectivity index (χ1) is 8.02. The minimum absolute atomic E-state index is 0.269. The molecule has 0 fully saturated rings. The number of fused-ring (bicyclic) bond motifs is 1. The Morgan fingerprint density at radius 2 is 2.29 bits per heavy atom. The van der Waals surface area contributed by atoms with Crippen LogP contribution in [0.15, 0.2) is 23.6 Å². The summed E-state index contributed by atoms with van der Waals surface area (Å²) in [6.45, 7) is 1.61. The van der Waals surface area contributed by atoms with Gasteiger partial charge in [0.15, 0.2) is 0 Å². The van der Waals surface area contributed by atoms with E-state index in [0.717, 1.165) is 15.6 Å². The minimum atomic E-state index is -2.66. The summed E-state index contributed by atoms with van der Waals surface area (Å²) in [5.74, 6) is 0. The fourth-order valence-corrected chi connectivity index (χ4v) is 5.87. The number of benzene rings is 1. The molecule has 92 valence electrons. The number of hydrogen-bond donors (Lipinski definition) is 0. The van der Waals surface area contributed by atoms with E-state index in [9.17, 15) is 4.57 Å². The Bertz CT molecular complexity index is 585. The van der Waals surface area contributed by atoms with Crippen molar-refractivity contribution in [3.8, 4) is 0 Å². The van der Waals surface area contributed by atoms with E-state index >= 15 is 0 Å². The number of thiophene rings is 1. The average molecular weight is 327 g/mol. The lowest BCUT2D eigenvalue weighted by Crippen LogP contribution is -1.85. The van der Waals surface area contributed by atoms with Gasteiger partial charge in [0, 0.05) is 16.4 Å². The van der Waals surface area contributed by atoms with Crippen LogP contribution in [0.2, 0.25) is 5.02 Å². The molecule has 0 amide bonds. The van der Waals surface area contributed by atoms with Crippen LogP contribution in [0, 0.1) is 0 Å². The van der Waals surface area contributed by atoms with E-state index in [4.69, 9.17) is 27.2 Å². The van der Waals surface area contributed by atoms with Crippen LogP contribution in [0.1, 0.15) is 5.56 Å². The second-order valence-corrected chi connectivity index (χ2v) is 8.78. The molecule has 0 radical (unpaired) electrons. The molecule has 0 bridgehead atoms. The van der Waals surface area contributed by atoms with Crippen molar-refractivity contribution in [1.82, 2.24) is 0 Å². The zero-order chi connectivity index (χ0) is 12.5. The van der Waals surface area contributed by atoms with Gasteiger partial charge in [-0.15, -0.1) is 11.3 Å². The van der Waals surface area contributed by atoms with Crippen molar-refractivity contribution in [2.24, 2.45) is 0 Å². The molecule has 2 atom stereocenters. The van der Waals surface area contributed by atoms with Gasteiger partial charge in [-0.25, -0.2) is 0 Å². The Hall–Kier alpha value is 0.380. The Morgan fingerprint density at radius 3 is 3.00 bits per heavy atom. The molecule has 17 heavy (non-hydrogen) atoms. The van der Waals surface area contributed by atoms with E-state index in [1.165, 1.54) is 0 Å². The summed E-state index contributed by atoms with van der Waals surface area (Å²) < 4.78 is 18.3. The van der Waals surface area contributed by atoms with Crippen molar-refractivity contribution < 1.29 is 8.88 Å². The van der Waals surface area contributed by atoms with E-state index < -0.39 is 7.37 Å². The van der Waals surface area contributed by atoms with Crippen LogP contribution < -0.4 is 0 Å².